The summed E-state index contributed by atoms with van der Waals surface area (Å²) >= 11 is 3.75. The van der Waals surface area contributed by atoms with Crippen molar-refractivity contribution in [3.63, 3.8) is 0 Å². The van der Waals surface area contributed by atoms with Crippen LogP contribution in [0.25, 0.3) is 11.1 Å². The van der Waals surface area contributed by atoms with E-state index in [4.69, 9.17) is 9.72 Å². The number of nitrogens with zero attached hydrogens (tertiary/aromatic N) is 1. The van der Waals surface area contributed by atoms with Crippen molar-refractivity contribution in [2.75, 3.05) is 0 Å². The Labute approximate surface area is 227 Å². The third-order valence-corrected chi connectivity index (χ3v) is 7.72. The normalized spacial score (nSPS) is 13.6. The van der Waals surface area contributed by atoms with Crippen LogP contribution in [0, 0.1) is 0 Å². The van der Waals surface area contributed by atoms with Crippen LogP contribution in [-0.4, -0.2) is 4.98 Å². The Bertz CT molecular complexity index is 1550. The average Bonchev–Trinajstić information content (AvgIpc) is 3.20. The molecule has 4 aromatic carbocycles. The van der Waals surface area contributed by atoms with E-state index in [9.17, 15) is 0 Å². The number of hydrogen-bond donors (Lipinski definition) is 0. The summed E-state index contributed by atoms with van der Waals surface area (Å²) in [6, 6.07) is 40.3. The molecule has 37 heavy (non-hydrogen) atoms. The number of ether oxygens (including phenoxy) is 1. The summed E-state index contributed by atoms with van der Waals surface area (Å²) in [5, 5.41) is 0. The van der Waals surface area contributed by atoms with Crippen LogP contribution in [0.5, 0.6) is 11.6 Å². The number of halogens is 1. The van der Waals surface area contributed by atoms with Crippen molar-refractivity contribution in [2.45, 2.75) is 31.6 Å². The van der Waals surface area contributed by atoms with Gasteiger partial charge in [-0.3, -0.25) is 0 Å². The van der Waals surface area contributed by atoms with E-state index in [1.165, 1.54) is 33.4 Å². The van der Waals surface area contributed by atoms with E-state index in [2.05, 4.69) is 122 Å². The minimum Gasteiger partial charge on any atom is -0.439 e. The third kappa shape index (κ3) is 3.98. The number of hydrogen-bond acceptors (Lipinski definition) is 2. The Balaban J connectivity index is 1.71. The fourth-order valence-corrected chi connectivity index (χ4v) is 5.88. The highest BCUT2D eigenvalue weighted by atomic mass is 79.9. The lowest BCUT2D eigenvalue weighted by molar-refractivity contribution is 0.453. The standard InChI is InChI=1S/C34H28BrNO/c1-33(2,3)24-21-31(36-32(22-24)37-26-14-5-4-6-15-26)34(23-12-11-13-25(35)20-23)29-18-9-7-16-27(29)28-17-8-10-19-30(28)34/h4-22H,1-3H3. The smallest absolute Gasteiger partial charge is 0.219 e. The molecule has 1 aromatic heterocycles. The molecule has 0 aliphatic heterocycles. The summed E-state index contributed by atoms with van der Waals surface area (Å²) in [6.07, 6.45) is 0. The van der Waals surface area contributed by atoms with Gasteiger partial charge in [0.25, 0.3) is 0 Å². The summed E-state index contributed by atoms with van der Waals surface area (Å²) < 4.78 is 7.42. The van der Waals surface area contributed by atoms with Crippen LogP contribution in [-0.2, 0) is 10.8 Å². The van der Waals surface area contributed by atoms with Gasteiger partial charge in [-0.2, -0.15) is 0 Å². The van der Waals surface area contributed by atoms with Crippen molar-refractivity contribution in [3.8, 4) is 22.8 Å². The van der Waals surface area contributed by atoms with Crippen molar-refractivity contribution >= 4 is 15.9 Å². The summed E-state index contributed by atoms with van der Waals surface area (Å²) in [5.74, 6) is 1.38. The Kier molecular flexibility index (Phi) is 5.77. The van der Waals surface area contributed by atoms with Crippen LogP contribution in [0.1, 0.15) is 48.7 Å². The zero-order chi connectivity index (χ0) is 25.6. The lowest BCUT2D eigenvalue weighted by Gasteiger charge is -2.34. The summed E-state index contributed by atoms with van der Waals surface area (Å²) in [7, 11) is 0. The van der Waals surface area contributed by atoms with Crippen molar-refractivity contribution in [2.24, 2.45) is 0 Å². The second-order valence-electron chi connectivity index (χ2n) is 10.6. The third-order valence-electron chi connectivity index (χ3n) is 7.23. The quantitative estimate of drug-likeness (QED) is 0.220. The Hall–Kier alpha value is -3.69. The van der Waals surface area contributed by atoms with E-state index >= 15 is 0 Å². The van der Waals surface area contributed by atoms with Crippen LogP contribution >= 0.6 is 15.9 Å². The molecule has 0 atom stereocenters. The molecule has 0 fully saturated rings. The van der Waals surface area contributed by atoms with E-state index < -0.39 is 5.41 Å². The Morgan fingerprint density at radius 3 is 1.92 bits per heavy atom. The van der Waals surface area contributed by atoms with Gasteiger partial charge in [0, 0.05) is 10.5 Å². The van der Waals surface area contributed by atoms with Gasteiger partial charge in [0.1, 0.15) is 5.75 Å². The van der Waals surface area contributed by atoms with Gasteiger partial charge in [0.15, 0.2) is 0 Å². The van der Waals surface area contributed by atoms with Gasteiger partial charge >= 0.3 is 0 Å². The molecule has 5 aromatic rings. The maximum Gasteiger partial charge on any atom is 0.219 e. The Morgan fingerprint density at radius 2 is 1.30 bits per heavy atom. The van der Waals surface area contributed by atoms with Crippen LogP contribution in [0.4, 0.5) is 0 Å². The van der Waals surface area contributed by atoms with Gasteiger partial charge in [0.05, 0.1) is 11.1 Å². The van der Waals surface area contributed by atoms with Crippen molar-refractivity contribution in [1.29, 1.82) is 0 Å². The molecule has 3 heteroatoms. The predicted molar refractivity (Wildman–Crippen MR) is 154 cm³/mol. The van der Waals surface area contributed by atoms with Crippen molar-refractivity contribution < 1.29 is 4.74 Å². The van der Waals surface area contributed by atoms with Crippen LogP contribution in [0.2, 0.25) is 0 Å². The molecular weight excluding hydrogens is 518 g/mol. The first-order valence-electron chi connectivity index (χ1n) is 12.6. The molecule has 182 valence electrons. The number of pyridine rings is 1. The molecular formula is C34H28BrNO. The molecule has 2 nitrogen and oxygen atoms in total. The second-order valence-corrected chi connectivity index (χ2v) is 11.5. The zero-order valence-corrected chi connectivity index (χ0v) is 22.8. The molecule has 6 rings (SSSR count). The number of rotatable bonds is 4. The van der Waals surface area contributed by atoms with Gasteiger partial charge in [0.2, 0.25) is 5.88 Å². The molecule has 1 aliphatic rings. The minimum absolute atomic E-state index is 0.0947. The number of fused-ring (bicyclic) bond motifs is 3. The summed E-state index contributed by atoms with van der Waals surface area (Å²) in [4.78, 5) is 5.26. The van der Waals surface area contributed by atoms with Gasteiger partial charge in [-0.1, -0.05) is 116 Å². The highest BCUT2D eigenvalue weighted by molar-refractivity contribution is 9.10. The second kappa shape index (κ2) is 9.00. The fraction of sp³-hybridized carbons (Fsp3) is 0.147. The van der Waals surface area contributed by atoms with Gasteiger partial charge in [-0.15, -0.1) is 0 Å². The molecule has 0 radical (unpaired) electrons. The van der Waals surface area contributed by atoms with E-state index in [0.29, 0.717) is 5.88 Å². The number of para-hydroxylation sites is 1. The topological polar surface area (TPSA) is 22.1 Å². The van der Waals surface area contributed by atoms with E-state index in [0.717, 1.165) is 15.9 Å². The molecule has 1 heterocycles. The summed E-state index contributed by atoms with van der Waals surface area (Å²) in [6.45, 7) is 6.71. The van der Waals surface area contributed by atoms with Crippen molar-refractivity contribution in [3.05, 3.63) is 148 Å². The largest absolute Gasteiger partial charge is 0.439 e. The molecule has 0 bridgehead atoms. The van der Waals surface area contributed by atoms with Gasteiger partial charge in [-0.05, 0) is 69.1 Å². The number of aromatic nitrogens is 1. The predicted octanol–water partition coefficient (Wildman–Crippen LogP) is 9.30. The molecule has 0 N–H and O–H groups in total. The van der Waals surface area contributed by atoms with E-state index in [-0.39, 0.29) is 5.41 Å². The minimum atomic E-state index is -0.590. The number of benzene rings is 4. The monoisotopic (exact) mass is 545 g/mol. The molecule has 0 saturated carbocycles. The maximum atomic E-state index is 6.37. The van der Waals surface area contributed by atoms with Gasteiger partial charge in [-0.25, -0.2) is 4.98 Å². The SMILES string of the molecule is CC(C)(C)c1cc(Oc2ccccc2)nc(C2(c3cccc(Br)c3)c3ccccc3-c3ccccc32)c1. The van der Waals surface area contributed by atoms with Crippen LogP contribution in [0.3, 0.4) is 0 Å². The van der Waals surface area contributed by atoms with Gasteiger partial charge < -0.3 is 4.74 Å². The lowest BCUT2D eigenvalue weighted by Crippen LogP contribution is -2.30. The van der Waals surface area contributed by atoms with Crippen molar-refractivity contribution in [1.82, 2.24) is 4.98 Å². The Morgan fingerprint density at radius 1 is 0.676 bits per heavy atom. The van der Waals surface area contributed by atoms with Crippen LogP contribution in [0.15, 0.2) is 120 Å². The first-order chi connectivity index (χ1) is 17.9. The van der Waals surface area contributed by atoms with E-state index in [1.54, 1.807) is 0 Å². The maximum absolute atomic E-state index is 6.37. The highest BCUT2D eigenvalue weighted by Gasteiger charge is 2.47. The average molecular weight is 547 g/mol. The van der Waals surface area contributed by atoms with E-state index in [1.807, 2.05) is 30.3 Å². The molecule has 0 amide bonds. The first kappa shape index (κ1) is 23.7. The lowest BCUT2D eigenvalue weighted by atomic mass is 9.69. The zero-order valence-electron chi connectivity index (χ0n) is 21.2. The molecule has 0 saturated heterocycles. The highest BCUT2D eigenvalue weighted by Crippen LogP contribution is 2.56. The molecule has 1 aliphatic carbocycles. The molecule has 0 spiro atoms. The first-order valence-corrected chi connectivity index (χ1v) is 13.4. The summed E-state index contributed by atoms with van der Waals surface area (Å²) in [5.41, 5.74) is 7.58. The molecule has 0 unspecified atom stereocenters. The van der Waals surface area contributed by atoms with Crippen LogP contribution < -0.4 is 4.74 Å². The fourth-order valence-electron chi connectivity index (χ4n) is 5.48.